The Morgan fingerprint density at radius 3 is 2.16 bits per heavy atom. The highest BCUT2D eigenvalue weighted by Gasteiger charge is 2.19. The minimum Gasteiger partial charge on any atom is -0.345 e. The summed E-state index contributed by atoms with van der Waals surface area (Å²) >= 11 is 0. The van der Waals surface area contributed by atoms with Crippen LogP contribution in [0.2, 0.25) is 0 Å². The normalized spacial score (nSPS) is 12.3. The van der Waals surface area contributed by atoms with E-state index in [1.807, 2.05) is 39.8 Å². The molecule has 0 spiro atoms. The van der Waals surface area contributed by atoms with Crippen LogP contribution >= 0.6 is 0 Å². The van der Waals surface area contributed by atoms with E-state index in [4.69, 9.17) is 0 Å². The van der Waals surface area contributed by atoms with E-state index >= 15 is 0 Å². The van der Waals surface area contributed by atoms with Gasteiger partial charge in [-0.15, -0.1) is 0 Å². The molecule has 0 heterocycles. The lowest BCUT2D eigenvalue weighted by atomic mass is 9.99. The molecule has 2 N–H and O–H groups in total. The van der Waals surface area contributed by atoms with Crippen molar-refractivity contribution in [3.8, 4) is 0 Å². The van der Waals surface area contributed by atoms with Crippen molar-refractivity contribution in [3.05, 3.63) is 94.0 Å². The van der Waals surface area contributed by atoms with Crippen LogP contribution in [-0.2, 0) is 10.0 Å². The lowest BCUT2D eigenvalue weighted by molar-refractivity contribution is 0.0939. The van der Waals surface area contributed by atoms with Gasteiger partial charge in [-0.05, 0) is 75.6 Å². The first-order valence-electron chi connectivity index (χ1n) is 10.2. The average Bonchev–Trinajstić information content (AvgIpc) is 2.69. The van der Waals surface area contributed by atoms with E-state index in [0.29, 0.717) is 16.8 Å². The number of anilines is 1. The number of carbonyl (C=O) groups excluding carboxylic acids is 1. The number of sulfonamides is 1. The first kappa shape index (κ1) is 22.6. The third kappa shape index (κ3) is 5.14. The molecule has 3 rings (SSSR count). The second kappa shape index (κ2) is 8.94. The fraction of sp³-hybridized carbons (Fsp3) is 0.240. The van der Waals surface area contributed by atoms with Gasteiger partial charge in [0.05, 0.1) is 16.6 Å². The van der Waals surface area contributed by atoms with E-state index in [1.54, 1.807) is 49.4 Å². The van der Waals surface area contributed by atoms with Crippen LogP contribution in [-0.4, -0.2) is 14.3 Å². The van der Waals surface area contributed by atoms with Gasteiger partial charge in [0.1, 0.15) is 0 Å². The quantitative estimate of drug-likeness (QED) is 0.557. The predicted octanol–water partition coefficient (Wildman–Crippen LogP) is 5.21. The van der Waals surface area contributed by atoms with Crippen LogP contribution in [0.1, 0.15) is 51.1 Å². The topological polar surface area (TPSA) is 75.3 Å². The van der Waals surface area contributed by atoms with Crippen LogP contribution in [0.3, 0.4) is 0 Å². The summed E-state index contributed by atoms with van der Waals surface area (Å²) in [5.74, 6) is -0.249. The second-order valence-corrected chi connectivity index (χ2v) is 9.63. The number of amides is 1. The number of aryl methyl sites for hydroxylation is 3. The molecule has 0 fully saturated rings. The second-order valence-electron chi connectivity index (χ2n) is 7.95. The summed E-state index contributed by atoms with van der Waals surface area (Å²) in [7, 11) is -3.75. The highest BCUT2D eigenvalue weighted by molar-refractivity contribution is 7.92. The van der Waals surface area contributed by atoms with Gasteiger partial charge in [-0.2, -0.15) is 0 Å². The molecule has 6 heteroatoms. The molecule has 0 aromatic heterocycles. The zero-order valence-corrected chi connectivity index (χ0v) is 19.3. The molecule has 1 atom stereocenters. The Morgan fingerprint density at radius 1 is 0.871 bits per heavy atom. The van der Waals surface area contributed by atoms with Gasteiger partial charge in [0.25, 0.3) is 15.9 Å². The van der Waals surface area contributed by atoms with Crippen LogP contribution in [0, 0.1) is 27.7 Å². The van der Waals surface area contributed by atoms with Crippen LogP contribution in [0.4, 0.5) is 5.69 Å². The number of rotatable bonds is 6. The van der Waals surface area contributed by atoms with Crippen LogP contribution in [0.15, 0.2) is 65.6 Å². The maximum Gasteiger partial charge on any atom is 0.261 e. The van der Waals surface area contributed by atoms with Gasteiger partial charge < -0.3 is 5.32 Å². The fourth-order valence-electron chi connectivity index (χ4n) is 3.58. The highest BCUT2D eigenvalue weighted by atomic mass is 32.2. The molecule has 0 aliphatic carbocycles. The Bertz CT molecular complexity index is 1220. The van der Waals surface area contributed by atoms with Crippen molar-refractivity contribution in [2.45, 2.75) is 45.6 Å². The molecular weight excluding hydrogens is 408 g/mol. The molecule has 0 radical (unpaired) electrons. The van der Waals surface area contributed by atoms with Crippen molar-refractivity contribution in [2.24, 2.45) is 0 Å². The van der Waals surface area contributed by atoms with Gasteiger partial charge in [0.2, 0.25) is 0 Å². The zero-order valence-electron chi connectivity index (χ0n) is 18.5. The van der Waals surface area contributed by atoms with Gasteiger partial charge in [0, 0.05) is 5.56 Å². The monoisotopic (exact) mass is 436 g/mol. The molecule has 0 saturated carbocycles. The molecule has 5 nitrogen and oxygen atoms in total. The van der Waals surface area contributed by atoms with E-state index in [0.717, 1.165) is 16.7 Å². The summed E-state index contributed by atoms with van der Waals surface area (Å²) in [6.07, 6.45) is 0. The van der Waals surface area contributed by atoms with E-state index in [1.165, 1.54) is 5.56 Å². The molecule has 3 aromatic carbocycles. The SMILES string of the molecule is Cc1ccc(S(=O)(=O)Nc2cccc(C(=O)N[C@H](C)c3ccc(C)cc3C)c2C)cc1. The Kier molecular flexibility index (Phi) is 6.51. The summed E-state index contributed by atoms with van der Waals surface area (Å²) in [5.41, 5.74) is 5.70. The predicted molar refractivity (Wildman–Crippen MR) is 125 cm³/mol. The zero-order chi connectivity index (χ0) is 22.8. The minimum atomic E-state index is -3.75. The van der Waals surface area contributed by atoms with Crippen molar-refractivity contribution < 1.29 is 13.2 Å². The molecule has 162 valence electrons. The minimum absolute atomic E-state index is 0.177. The molecule has 0 unspecified atom stereocenters. The molecule has 0 saturated heterocycles. The summed E-state index contributed by atoms with van der Waals surface area (Å²) < 4.78 is 28.1. The first-order chi connectivity index (χ1) is 14.6. The number of benzene rings is 3. The molecule has 0 aliphatic rings. The molecule has 1 amide bonds. The molecular formula is C25H28N2O3S. The van der Waals surface area contributed by atoms with Crippen molar-refractivity contribution in [2.75, 3.05) is 4.72 Å². The van der Waals surface area contributed by atoms with Gasteiger partial charge in [-0.25, -0.2) is 8.42 Å². The standard InChI is InChI=1S/C25H28N2O3S/c1-16-9-12-21(13-10-16)31(29,30)27-24-8-6-7-23(19(24)4)25(28)26-20(5)22-14-11-17(2)15-18(22)3/h6-15,20,27H,1-5H3,(H,26,28)/t20-/m1/s1. The van der Waals surface area contributed by atoms with Gasteiger partial charge in [0.15, 0.2) is 0 Å². The number of hydrogen-bond acceptors (Lipinski definition) is 3. The van der Waals surface area contributed by atoms with E-state index in [2.05, 4.69) is 16.1 Å². The van der Waals surface area contributed by atoms with Crippen LogP contribution in [0.25, 0.3) is 0 Å². The van der Waals surface area contributed by atoms with Gasteiger partial charge in [-0.1, -0.05) is 47.5 Å². The molecule has 0 aliphatic heterocycles. The summed E-state index contributed by atoms with van der Waals surface area (Å²) in [6, 6.07) is 17.6. The third-order valence-corrected chi connectivity index (χ3v) is 6.77. The summed E-state index contributed by atoms with van der Waals surface area (Å²) in [4.78, 5) is 13.1. The third-order valence-electron chi connectivity index (χ3n) is 5.39. The van der Waals surface area contributed by atoms with Crippen molar-refractivity contribution in [1.29, 1.82) is 0 Å². The van der Waals surface area contributed by atoms with Crippen molar-refractivity contribution >= 4 is 21.6 Å². The Balaban J connectivity index is 1.82. The first-order valence-corrected chi connectivity index (χ1v) is 11.6. The summed E-state index contributed by atoms with van der Waals surface area (Å²) in [6.45, 7) is 9.64. The van der Waals surface area contributed by atoms with E-state index < -0.39 is 10.0 Å². The Labute approximate surface area is 184 Å². The molecule has 31 heavy (non-hydrogen) atoms. The maximum absolute atomic E-state index is 13.0. The number of carbonyl (C=O) groups is 1. The largest absolute Gasteiger partial charge is 0.345 e. The smallest absolute Gasteiger partial charge is 0.261 e. The average molecular weight is 437 g/mol. The molecule has 0 bridgehead atoms. The van der Waals surface area contributed by atoms with E-state index in [-0.39, 0.29) is 16.8 Å². The van der Waals surface area contributed by atoms with Crippen LogP contribution < -0.4 is 10.0 Å². The fourth-order valence-corrected chi connectivity index (χ4v) is 4.70. The summed E-state index contributed by atoms with van der Waals surface area (Å²) in [5, 5.41) is 3.03. The van der Waals surface area contributed by atoms with Crippen molar-refractivity contribution in [3.63, 3.8) is 0 Å². The van der Waals surface area contributed by atoms with E-state index in [9.17, 15) is 13.2 Å². The van der Waals surface area contributed by atoms with Crippen LogP contribution in [0.5, 0.6) is 0 Å². The van der Waals surface area contributed by atoms with Gasteiger partial charge in [-0.3, -0.25) is 9.52 Å². The van der Waals surface area contributed by atoms with Crippen molar-refractivity contribution in [1.82, 2.24) is 5.32 Å². The number of nitrogens with one attached hydrogen (secondary N) is 2. The van der Waals surface area contributed by atoms with Gasteiger partial charge >= 0.3 is 0 Å². The lowest BCUT2D eigenvalue weighted by Crippen LogP contribution is -2.28. The highest BCUT2D eigenvalue weighted by Crippen LogP contribution is 2.24. The number of hydrogen-bond donors (Lipinski definition) is 2. The maximum atomic E-state index is 13.0. The Hall–Kier alpha value is -3.12. The Morgan fingerprint density at radius 2 is 1.52 bits per heavy atom. The molecule has 3 aromatic rings. The lowest BCUT2D eigenvalue weighted by Gasteiger charge is -2.19.